The van der Waals surface area contributed by atoms with Gasteiger partial charge in [-0.2, -0.15) is 0 Å². The summed E-state index contributed by atoms with van der Waals surface area (Å²) in [5.41, 5.74) is 1.50. The Morgan fingerprint density at radius 1 is 1.04 bits per heavy atom. The largest absolute Gasteiger partial charge is 0.493 e. The zero-order chi connectivity index (χ0) is 19.4. The van der Waals surface area contributed by atoms with E-state index in [1.165, 1.54) is 0 Å². The van der Waals surface area contributed by atoms with Gasteiger partial charge >= 0.3 is 0 Å². The first-order chi connectivity index (χ1) is 13.0. The Kier molecular flexibility index (Phi) is 5.68. The van der Waals surface area contributed by atoms with Crippen LogP contribution in [0.4, 0.5) is 0 Å². The molecular formula is C21H24O6. The molecule has 0 N–H and O–H groups in total. The number of ether oxygens (including phenoxy) is 5. The van der Waals surface area contributed by atoms with E-state index in [1.807, 2.05) is 32.0 Å². The van der Waals surface area contributed by atoms with Crippen LogP contribution in [0.25, 0.3) is 0 Å². The van der Waals surface area contributed by atoms with E-state index in [1.54, 1.807) is 38.5 Å². The number of hydrogen-bond donors (Lipinski definition) is 0. The molecule has 3 rings (SSSR count). The lowest BCUT2D eigenvalue weighted by Gasteiger charge is -2.41. The van der Waals surface area contributed by atoms with Gasteiger partial charge in [-0.05, 0) is 55.8 Å². The second-order valence-electron chi connectivity index (χ2n) is 6.71. The van der Waals surface area contributed by atoms with E-state index in [2.05, 4.69) is 0 Å². The monoisotopic (exact) mass is 372 g/mol. The third-order valence-electron chi connectivity index (χ3n) is 4.38. The molecule has 2 atom stereocenters. The summed E-state index contributed by atoms with van der Waals surface area (Å²) in [6.45, 7) is 4.10. The average molecular weight is 372 g/mol. The maximum absolute atomic E-state index is 10.8. The normalized spacial score (nSPS) is 21.3. The van der Waals surface area contributed by atoms with Gasteiger partial charge in [-0.25, -0.2) is 0 Å². The van der Waals surface area contributed by atoms with Gasteiger partial charge in [0.15, 0.2) is 23.4 Å². The fourth-order valence-corrected chi connectivity index (χ4v) is 2.99. The molecule has 0 aromatic heterocycles. The molecule has 144 valence electrons. The van der Waals surface area contributed by atoms with Crippen LogP contribution in [0.5, 0.6) is 17.2 Å². The zero-order valence-corrected chi connectivity index (χ0v) is 15.9. The third-order valence-corrected chi connectivity index (χ3v) is 4.38. The van der Waals surface area contributed by atoms with Crippen LogP contribution in [0, 0.1) is 0 Å². The average Bonchev–Trinajstić information content (AvgIpc) is 2.69. The van der Waals surface area contributed by atoms with Gasteiger partial charge in [0.2, 0.25) is 0 Å². The Morgan fingerprint density at radius 3 is 2.37 bits per heavy atom. The highest BCUT2D eigenvalue weighted by atomic mass is 16.7. The molecule has 2 aromatic carbocycles. The first kappa shape index (κ1) is 19.2. The number of benzene rings is 2. The molecule has 0 radical (unpaired) electrons. The minimum absolute atomic E-state index is 0.362. The molecule has 0 spiro atoms. The minimum Gasteiger partial charge on any atom is -0.493 e. The Hall–Kier alpha value is -2.57. The lowest BCUT2D eigenvalue weighted by Crippen LogP contribution is -2.46. The van der Waals surface area contributed by atoms with Crippen LogP contribution < -0.4 is 14.2 Å². The number of aldehydes is 1. The number of carbonyl (C=O) groups is 1. The van der Waals surface area contributed by atoms with Gasteiger partial charge in [0, 0.05) is 5.56 Å². The SMILES string of the molecule is COc1ccc([C@@H]2OC(C)(C)OC[C@H]2Oc2ccc(C=O)cc2)cc1OC. The topological polar surface area (TPSA) is 63.2 Å². The van der Waals surface area contributed by atoms with Gasteiger partial charge in [0.1, 0.15) is 18.1 Å². The second kappa shape index (κ2) is 7.98. The molecule has 2 aromatic rings. The van der Waals surface area contributed by atoms with Crippen LogP contribution in [0.2, 0.25) is 0 Å². The van der Waals surface area contributed by atoms with Crippen LogP contribution in [0.1, 0.15) is 35.9 Å². The van der Waals surface area contributed by atoms with Crippen molar-refractivity contribution >= 4 is 6.29 Å². The molecule has 0 amide bonds. The number of hydrogen-bond acceptors (Lipinski definition) is 6. The second-order valence-corrected chi connectivity index (χ2v) is 6.71. The molecule has 6 heteroatoms. The van der Waals surface area contributed by atoms with E-state index in [0.717, 1.165) is 11.8 Å². The molecule has 1 aliphatic heterocycles. The molecule has 0 bridgehead atoms. The van der Waals surface area contributed by atoms with Gasteiger partial charge in [0.25, 0.3) is 0 Å². The highest BCUT2D eigenvalue weighted by molar-refractivity contribution is 5.74. The van der Waals surface area contributed by atoms with Crippen LogP contribution in [-0.2, 0) is 9.47 Å². The van der Waals surface area contributed by atoms with Gasteiger partial charge < -0.3 is 23.7 Å². The van der Waals surface area contributed by atoms with Crippen molar-refractivity contribution in [3.8, 4) is 17.2 Å². The number of rotatable bonds is 6. The Bertz CT molecular complexity index is 784. The zero-order valence-electron chi connectivity index (χ0n) is 15.9. The van der Waals surface area contributed by atoms with Crippen LogP contribution in [0.3, 0.4) is 0 Å². The van der Waals surface area contributed by atoms with E-state index in [-0.39, 0.29) is 12.2 Å². The fraction of sp³-hybridized carbons (Fsp3) is 0.381. The van der Waals surface area contributed by atoms with Gasteiger partial charge in [-0.15, -0.1) is 0 Å². The lowest BCUT2D eigenvalue weighted by molar-refractivity contribution is -0.302. The quantitative estimate of drug-likeness (QED) is 0.719. The predicted octanol–water partition coefficient (Wildman–Crippen LogP) is 3.79. The third kappa shape index (κ3) is 4.40. The smallest absolute Gasteiger partial charge is 0.163 e. The molecule has 1 heterocycles. The van der Waals surface area contributed by atoms with Crippen LogP contribution in [0.15, 0.2) is 42.5 Å². The summed E-state index contributed by atoms with van der Waals surface area (Å²) in [5, 5.41) is 0. The van der Waals surface area contributed by atoms with Crippen molar-refractivity contribution in [3.63, 3.8) is 0 Å². The molecule has 0 unspecified atom stereocenters. The summed E-state index contributed by atoms with van der Waals surface area (Å²) in [5.74, 6) is 1.17. The summed E-state index contributed by atoms with van der Waals surface area (Å²) < 4.78 is 28.8. The summed E-state index contributed by atoms with van der Waals surface area (Å²) in [6, 6.07) is 12.6. The van der Waals surface area contributed by atoms with Crippen molar-refractivity contribution in [2.75, 3.05) is 20.8 Å². The molecule has 1 aliphatic rings. The van der Waals surface area contributed by atoms with E-state index < -0.39 is 5.79 Å². The van der Waals surface area contributed by atoms with Crippen LogP contribution >= 0.6 is 0 Å². The highest BCUT2D eigenvalue weighted by Gasteiger charge is 2.39. The van der Waals surface area contributed by atoms with E-state index in [9.17, 15) is 4.79 Å². The van der Waals surface area contributed by atoms with Crippen molar-refractivity contribution < 1.29 is 28.5 Å². The van der Waals surface area contributed by atoms with E-state index >= 15 is 0 Å². The maximum atomic E-state index is 10.8. The van der Waals surface area contributed by atoms with E-state index in [0.29, 0.717) is 29.4 Å². The Morgan fingerprint density at radius 2 is 1.74 bits per heavy atom. The van der Waals surface area contributed by atoms with Gasteiger partial charge in [-0.3, -0.25) is 4.79 Å². The van der Waals surface area contributed by atoms with E-state index in [4.69, 9.17) is 23.7 Å². The van der Waals surface area contributed by atoms with Crippen molar-refractivity contribution in [2.45, 2.75) is 31.8 Å². The maximum Gasteiger partial charge on any atom is 0.163 e. The fourth-order valence-electron chi connectivity index (χ4n) is 2.99. The predicted molar refractivity (Wildman–Crippen MR) is 99.6 cm³/mol. The summed E-state index contributed by atoms with van der Waals surface area (Å²) in [7, 11) is 3.19. The van der Waals surface area contributed by atoms with Crippen molar-refractivity contribution in [1.82, 2.24) is 0 Å². The number of methoxy groups -OCH3 is 2. The standard InChI is InChI=1S/C21H24O6/c1-21(2)25-13-19(26-16-8-5-14(12-22)6-9-16)20(27-21)15-7-10-17(23-3)18(11-15)24-4/h5-12,19-20H,13H2,1-4H3/t19-,20+/m1/s1. The molecule has 1 saturated heterocycles. The first-order valence-electron chi connectivity index (χ1n) is 8.71. The molecule has 0 aliphatic carbocycles. The molecular weight excluding hydrogens is 348 g/mol. The highest BCUT2D eigenvalue weighted by Crippen LogP contribution is 2.38. The lowest BCUT2D eigenvalue weighted by atomic mass is 10.0. The van der Waals surface area contributed by atoms with Gasteiger partial charge in [0.05, 0.1) is 20.8 Å². The number of carbonyl (C=O) groups excluding carboxylic acids is 1. The van der Waals surface area contributed by atoms with Crippen molar-refractivity contribution in [3.05, 3.63) is 53.6 Å². The first-order valence-corrected chi connectivity index (χ1v) is 8.71. The summed E-state index contributed by atoms with van der Waals surface area (Å²) in [4.78, 5) is 10.8. The summed E-state index contributed by atoms with van der Waals surface area (Å²) in [6.07, 6.45) is 0.0727. The Labute approximate surface area is 158 Å². The minimum atomic E-state index is -0.737. The molecule has 0 saturated carbocycles. The van der Waals surface area contributed by atoms with Crippen LogP contribution in [-0.4, -0.2) is 39.0 Å². The van der Waals surface area contributed by atoms with Crippen molar-refractivity contribution in [2.24, 2.45) is 0 Å². The molecule has 6 nitrogen and oxygen atoms in total. The van der Waals surface area contributed by atoms with Crippen molar-refractivity contribution in [1.29, 1.82) is 0 Å². The molecule has 27 heavy (non-hydrogen) atoms. The summed E-state index contributed by atoms with van der Waals surface area (Å²) >= 11 is 0. The van der Waals surface area contributed by atoms with Gasteiger partial charge in [-0.1, -0.05) is 6.07 Å². The molecule has 1 fully saturated rings. The Balaban J connectivity index is 1.88.